The van der Waals surface area contributed by atoms with Crippen molar-refractivity contribution in [2.24, 2.45) is 0 Å². The number of carbonyl (C=O) groups is 1. The van der Waals surface area contributed by atoms with Crippen LogP contribution in [0.2, 0.25) is 0 Å². The maximum Gasteiger partial charge on any atom is 0.220 e. The highest BCUT2D eigenvalue weighted by Gasteiger charge is 2.54. The molecule has 3 rings (SSSR count). The van der Waals surface area contributed by atoms with E-state index in [2.05, 4.69) is 141 Å². The van der Waals surface area contributed by atoms with Gasteiger partial charge >= 0.3 is 0 Å². The molecule has 1 amide bonds. The third-order valence-corrected chi connectivity index (χ3v) is 20.4. The van der Waals surface area contributed by atoms with E-state index in [-0.39, 0.29) is 18.9 Å². The summed E-state index contributed by atoms with van der Waals surface area (Å²) < 4.78 is 34.5. The van der Waals surface area contributed by atoms with Crippen molar-refractivity contribution in [3.05, 3.63) is 134 Å². The van der Waals surface area contributed by atoms with Gasteiger partial charge in [0.25, 0.3) is 0 Å². The first-order valence-corrected chi connectivity index (χ1v) is 42.9. The molecular formula is C90H153NO18. The van der Waals surface area contributed by atoms with E-state index in [1.54, 1.807) is 6.08 Å². The molecular weight excluding hydrogens is 1380 g/mol. The van der Waals surface area contributed by atoms with E-state index in [0.29, 0.717) is 12.8 Å². The molecule has 0 saturated carbocycles. The number of aliphatic hydroxyl groups excluding tert-OH is 11. The number of unbranched alkanes of at least 4 members (excludes halogenated alkanes) is 31. The first-order valence-electron chi connectivity index (χ1n) is 42.9. The first-order chi connectivity index (χ1) is 53.3. The highest BCUT2D eigenvalue weighted by molar-refractivity contribution is 5.76. The number of ether oxygens (including phenoxy) is 6. The molecule has 19 nitrogen and oxygen atoms in total. The molecule has 17 atom stereocenters. The van der Waals surface area contributed by atoms with E-state index >= 15 is 0 Å². The van der Waals surface area contributed by atoms with E-state index in [1.165, 1.54) is 154 Å². The Morgan fingerprint density at radius 2 is 0.642 bits per heavy atom. The van der Waals surface area contributed by atoms with Crippen LogP contribution in [0.1, 0.15) is 296 Å². The van der Waals surface area contributed by atoms with Gasteiger partial charge in [-0.3, -0.25) is 4.79 Å². The molecule has 0 aromatic heterocycles. The fourth-order valence-corrected chi connectivity index (χ4v) is 13.6. The third-order valence-electron chi connectivity index (χ3n) is 20.4. The van der Waals surface area contributed by atoms with Gasteiger partial charge in [0, 0.05) is 6.42 Å². The van der Waals surface area contributed by atoms with Gasteiger partial charge in [-0.05, 0) is 103 Å². The normalized spacial score (nSPS) is 26.0. The molecule has 626 valence electrons. The maximum atomic E-state index is 13.5. The van der Waals surface area contributed by atoms with E-state index in [9.17, 15) is 61.0 Å². The number of carbonyl (C=O) groups excluding carboxylic acids is 1. The summed E-state index contributed by atoms with van der Waals surface area (Å²) in [5.41, 5.74) is 0. The third kappa shape index (κ3) is 47.4. The Kier molecular flexibility index (Phi) is 62.2. The Morgan fingerprint density at radius 3 is 1.03 bits per heavy atom. The zero-order chi connectivity index (χ0) is 78.8. The van der Waals surface area contributed by atoms with E-state index in [4.69, 9.17) is 28.4 Å². The van der Waals surface area contributed by atoms with Crippen LogP contribution in [0.3, 0.4) is 0 Å². The zero-order valence-corrected chi connectivity index (χ0v) is 67.2. The van der Waals surface area contributed by atoms with Crippen LogP contribution in [0.5, 0.6) is 0 Å². The molecule has 3 heterocycles. The monoisotopic (exact) mass is 1540 g/mol. The van der Waals surface area contributed by atoms with Crippen molar-refractivity contribution in [1.82, 2.24) is 5.32 Å². The lowest BCUT2D eigenvalue weighted by Gasteiger charge is -2.48. The van der Waals surface area contributed by atoms with Gasteiger partial charge in [-0.25, -0.2) is 0 Å². The van der Waals surface area contributed by atoms with Crippen molar-refractivity contribution in [3.63, 3.8) is 0 Å². The molecule has 109 heavy (non-hydrogen) atoms. The van der Waals surface area contributed by atoms with Gasteiger partial charge in [-0.15, -0.1) is 0 Å². The average molecular weight is 1540 g/mol. The second-order valence-electron chi connectivity index (χ2n) is 29.9. The molecule has 3 saturated heterocycles. The zero-order valence-electron chi connectivity index (χ0n) is 67.2. The van der Waals surface area contributed by atoms with Gasteiger partial charge in [-0.1, -0.05) is 321 Å². The second-order valence-corrected chi connectivity index (χ2v) is 29.9. The Hall–Kier alpha value is -4.07. The molecule has 0 radical (unpaired) electrons. The predicted molar refractivity (Wildman–Crippen MR) is 438 cm³/mol. The SMILES string of the molecule is CC/C=C\C/C=C\C/C=C\C/C=C\C/C=C\C/C=C\C/C=C\C/C=C\C/C=C\CCCCCCCCCCCCCCCC(=O)NC(COC1OC(CO)C(OC2OC(CO)C(OC3OC(CO)C(O)C(O)C3O)C(O)C2O)C(O)C1O)C(O)/C=C/CC/C=C/CCCCCCCCCCCCCCCCCCC. The minimum atomic E-state index is -1.99. The first kappa shape index (κ1) is 99.1. The summed E-state index contributed by atoms with van der Waals surface area (Å²) in [5, 5.41) is 121. The van der Waals surface area contributed by atoms with Crippen molar-refractivity contribution in [1.29, 1.82) is 0 Å². The number of aliphatic hydroxyl groups is 11. The van der Waals surface area contributed by atoms with Gasteiger partial charge in [0.2, 0.25) is 5.91 Å². The maximum absolute atomic E-state index is 13.5. The van der Waals surface area contributed by atoms with Gasteiger partial charge in [0.15, 0.2) is 18.9 Å². The quantitative estimate of drug-likeness (QED) is 0.0199. The number of amides is 1. The number of nitrogens with one attached hydrogen (secondary N) is 1. The Morgan fingerprint density at radius 1 is 0.339 bits per heavy atom. The van der Waals surface area contributed by atoms with E-state index < -0.39 is 124 Å². The summed E-state index contributed by atoms with van der Waals surface area (Å²) in [4.78, 5) is 13.5. The minimum absolute atomic E-state index is 0.227. The molecule has 12 N–H and O–H groups in total. The lowest BCUT2D eigenvalue weighted by molar-refractivity contribution is -0.379. The lowest BCUT2D eigenvalue weighted by Crippen LogP contribution is -2.66. The van der Waals surface area contributed by atoms with Crippen LogP contribution >= 0.6 is 0 Å². The van der Waals surface area contributed by atoms with Crippen molar-refractivity contribution in [2.45, 2.75) is 401 Å². The average Bonchev–Trinajstić information content (AvgIpc) is 0.760. The van der Waals surface area contributed by atoms with Crippen LogP contribution in [-0.4, -0.2) is 193 Å². The second kappa shape index (κ2) is 68.3. The predicted octanol–water partition coefficient (Wildman–Crippen LogP) is 15.6. The van der Waals surface area contributed by atoms with Gasteiger partial charge in [0.1, 0.15) is 73.2 Å². The molecule has 0 spiro atoms. The highest BCUT2D eigenvalue weighted by atomic mass is 16.8. The number of hydrogen-bond donors (Lipinski definition) is 12. The van der Waals surface area contributed by atoms with Gasteiger partial charge in [-0.2, -0.15) is 0 Å². The Labute approximate surface area is 658 Å². The van der Waals surface area contributed by atoms with Crippen LogP contribution in [0.15, 0.2) is 134 Å². The smallest absolute Gasteiger partial charge is 0.220 e. The lowest BCUT2D eigenvalue weighted by atomic mass is 9.96. The summed E-state index contributed by atoms with van der Waals surface area (Å²) in [6, 6.07) is -1.00. The summed E-state index contributed by atoms with van der Waals surface area (Å²) in [6.07, 6.45) is 71.6. The molecule has 17 unspecified atom stereocenters. The van der Waals surface area contributed by atoms with Gasteiger partial charge in [0.05, 0.1) is 38.6 Å². The molecule has 0 aromatic rings. The van der Waals surface area contributed by atoms with Crippen LogP contribution in [0, 0.1) is 0 Å². The van der Waals surface area contributed by atoms with Crippen molar-refractivity contribution >= 4 is 5.91 Å². The molecule has 0 aliphatic carbocycles. The van der Waals surface area contributed by atoms with Crippen molar-refractivity contribution in [2.75, 3.05) is 26.4 Å². The van der Waals surface area contributed by atoms with Gasteiger partial charge < -0.3 is 89.9 Å². The molecule has 0 bridgehead atoms. The van der Waals surface area contributed by atoms with Crippen LogP contribution in [-0.2, 0) is 33.2 Å². The molecule has 3 aliphatic heterocycles. The van der Waals surface area contributed by atoms with Crippen molar-refractivity contribution in [3.8, 4) is 0 Å². The minimum Gasteiger partial charge on any atom is -0.394 e. The topological polar surface area (TPSA) is 307 Å². The van der Waals surface area contributed by atoms with Crippen LogP contribution in [0.4, 0.5) is 0 Å². The van der Waals surface area contributed by atoms with Crippen LogP contribution < -0.4 is 5.32 Å². The number of hydrogen-bond acceptors (Lipinski definition) is 18. The molecule has 3 aliphatic rings. The molecule has 3 fully saturated rings. The van der Waals surface area contributed by atoms with E-state index in [1.807, 2.05) is 6.08 Å². The summed E-state index contributed by atoms with van der Waals surface area (Å²) in [5.74, 6) is -0.289. The number of allylic oxidation sites excluding steroid dienone is 21. The standard InChI is InChI=1S/C90H153NO18/c1-3-5-7-9-11-13-15-17-19-21-23-25-27-28-29-30-31-32-33-34-35-36-37-38-39-40-41-42-43-44-46-48-50-52-54-56-58-60-62-64-66-68-78(96)91-73(74(95)67-65-63-61-59-57-55-53-51-49-47-45-26-24-22-20-18-16-14-12-10-8-6-4-2)72-104-88-84(102)81(99)86(76(70-93)106-88)109-90-85(103)82(100)87(77(71-94)107-90)108-89-83(101)80(98)79(97)75(69-92)105-89/h5,7,11,13,17,19,23,25,28-29,31-32,34-35,37-38,40-41,57,59,65,67,73-77,79-90,92-95,97-103H,3-4,6,8-10,12,14-16,18,20-22,24,26-27,30,33,36,39,42-56,58,60-64,66,68-72H2,1-2H3,(H,91,96)/b7-5-,13-11-,19-17-,25-23-,29-28-,32-31-,35-34-,38-37-,41-40-,59-57+,67-65+. The van der Waals surface area contributed by atoms with Crippen LogP contribution in [0.25, 0.3) is 0 Å². The Balaban J connectivity index is 1.34. The highest BCUT2D eigenvalue weighted by Crippen LogP contribution is 2.33. The molecule has 0 aromatic carbocycles. The Bertz CT molecular complexity index is 2490. The van der Waals surface area contributed by atoms with Crippen molar-refractivity contribution < 1.29 is 89.4 Å². The molecule has 19 heteroatoms. The fraction of sp³-hybridized carbons (Fsp3) is 0.744. The number of rotatable bonds is 67. The summed E-state index contributed by atoms with van der Waals surface area (Å²) in [7, 11) is 0. The van der Waals surface area contributed by atoms with E-state index in [0.717, 1.165) is 109 Å². The largest absolute Gasteiger partial charge is 0.394 e. The summed E-state index contributed by atoms with van der Waals surface area (Å²) >= 11 is 0. The summed E-state index contributed by atoms with van der Waals surface area (Å²) in [6.45, 7) is 1.62. The fourth-order valence-electron chi connectivity index (χ4n) is 13.6.